The van der Waals surface area contributed by atoms with Crippen LogP contribution >= 0.6 is 11.6 Å². The van der Waals surface area contributed by atoms with E-state index in [9.17, 15) is 9.70 Å². The number of nitrogens with zero attached hydrogens (tertiary/aromatic N) is 4. The smallest absolute Gasteiger partial charge is 0.310 e. The van der Waals surface area contributed by atoms with Gasteiger partial charge in [-0.15, -0.1) is 5.01 Å². The van der Waals surface area contributed by atoms with Gasteiger partial charge >= 0.3 is 5.69 Å². The molecule has 178 valence electrons. The van der Waals surface area contributed by atoms with Crippen LogP contribution in [-0.2, 0) is 6.54 Å². The van der Waals surface area contributed by atoms with Crippen molar-refractivity contribution in [2.45, 2.75) is 13.5 Å². The Morgan fingerprint density at radius 2 is 1.89 bits per heavy atom. The largest absolute Gasteiger partial charge is 0.491 e. The van der Waals surface area contributed by atoms with Crippen molar-refractivity contribution in [3.63, 3.8) is 0 Å². The van der Waals surface area contributed by atoms with Crippen LogP contribution in [0.1, 0.15) is 21.7 Å². The highest BCUT2D eigenvalue weighted by Crippen LogP contribution is 2.32. The summed E-state index contributed by atoms with van der Waals surface area (Å²) in [5.74, 6) is 1.47. The molecular formula is C26H25ClN5O3+. The zero-order valence-corrected chi connectivity index (χ0v) is 20.5. The van der Waals surface area contributed by atoms with Crippen molar-refractivity contribution < 1.29 is 14.4 Å². The maximum absolute atomic E-state index is 13.3. The second kappa shape index (κ2) is 9.03. The third kappa shape index (κ3) is 4.44. The van der Waals surface area contributed by atoms with Gasteiger partial charge in [0.1, 0.15) is 23.2 Å². The molecule has 1 amide bonds. The fourth-order valence-corrected chi connectivity index (χ4v) is 4.51. The molecule has 4 aromatic rings. The monoisotopic (exact) mass is 490 g/mol. The third-order valence-corrected chi connectivity index (χ3v) is 6.33. The third-order valence-electron chi connectivity index (χ3n) is 6.03. The Bertz CT molecular complexity index is 1460. The SMILES string of the molecule is Cc1nc2ccc(-c3ccc4c(c3)CN(C(=O)c3ccc([N+](=O)N(C)C)c(Cl)c3)CCO4)cc2[nH]1. The zero-order valence-electron chi connectivity index (χ0n) is 19.7. The van der Waals surface area contributed by atoms with Crippen LogP contribution in [0.2, 0.25) is 5.02 Å². The lowest BCUT2D eigenvalue weighted by molar-refractivity contribution is -0.627. The Kier molecular flexibility index (Phi) is 5.90. The molecule has 1 aliphatic heterocycles. The number of hydrogen-bond donors (Lipinski definition) is 1. The van der Waals surface area contributed by atoms with Crippen molar-refractivity contribution in [1.29, 1.82) is 0 Å². The molecule has 35 heavy (non-hydrogen) atoms. The second-order valence-corrected chi connectivity index (χ2v) is 9.15. The first-order valence-electron chi connectivity index (χ1n) is 11.3. The van der Waals surface area contributed by atoms with Crippen molar-refractivity contribution in [2.75, 3.05) is 27.2 Å². The molecule has 1 N–H and O–H groups in total. The van der Waals surface area contributed by atoms with Crippen LogP contribution in [0.5, 0.6) is 5.75 Å². The molecule has 1 aromatic heterocycles. The number of aryl methyl sites for hydroxylation is 1. The number of carbonyl (C=O) groups excluding carboxylic acids is 1. The van der Waals surface area contributed by atoms with E-state index in [4.69, 9.17) is 16.3 Å². The molecule has 0 spiro atoms. The van der Waals surface area contributed by atoms with Gasteiger partial charge in [-0.25, -0.2) is 4.98 Å². The number of nitrogens with one attached hydrogen (secondary N) is 1. The number of aromatic nitrogens is 2. The molecule has 5 rings (SSSR count). The standard InChI is InChI=1S/C26H25ClN5O3/c1-16-28-22-7-4-18(14-23(22)29-16)17-6-9-25-20(12-17)15-31(10-11-35-25)26(33)19-5-8-24(21(27)13-19)32(34)30(2)3/h4-9,12-14H,10-11,15H2,1-3H3,(H,28,29)/q+1. The Morgan fingerprint density at radius 1 is 1.11 bits per heavy atom. The molecular weight excluding hydrogens is 466 g/mol. The van der Waals surface area contributed by atoms with E-state index in [2.05, 4.69) is 22.1 Å². The normalized spacial score (nSPS) is 13.2. The lowest BCUT2D eigenvalue weighted by Gasteiger charge is -2.20. The van der Waals surface area contributed by atoms with Crippen LogP contribution in [0, 0.1) is 11.8 Å². The summed E-state index contributed by atoms with van der Waals surface area (Å²) in [6, 6.07) is 16.9. The Hall–Kier alpha value is -3.91. The van der Waals surface area contributed by atoms with Gasteiger partial charge in [0, 0.05) is 23.7 Å². The lowest BCUT2D eigenvalue weighted by Crippen LogP contribution is -2.32. The summed E-state index contributed by atoms with van der Waals surface area (Å²) in [5.41, 5.74) is 5.62. The van der Waals surface area contributed by atoms with Crippen LogP contribution in [0.4, 0.5) is 5.69 Å². The number of halogens is 1. The molecule has 0 atom stereocenters. The molecule has 8 nitrogen and oxygen atoms in total. The number of amides is 1. The topological polar surface area (TPSA) is 81.5 Å². The van der Waals surface area contributed by atoms with E-state index in [1.54, 1.807) is 31.1 Å². The van der Waals surface area contributed by atoms with Gasteiger partial charge in [0.25, 0.3) is 5.91 Å². The summed E-state index contributed by atoms with van der Waals surface area (Å²) in [7, 11) is 3.25. The van der Waals surface area contributed by atoms with Crippen molar-refractivity contribution in [2.24, 2.45) is 0 Å². The average molecular weight is 491 g/mol. The number of benzene rings is 3. The summed E-state index contributed by atoms with van der Waals surface area (Å²) < 4.78 is 5.94. The van der Waals surface area contributed by atoms with E-state index in [1.807, 2.05) is 31.2 Å². The van der Waals surface area contributed by atoms with E-state index in [1.165, 1.54) is 11.1 Å². The van der Waals surface area contributed by atoms with Crippen molar-refractivity contribution in [3.8, 4) is 16.9 Å². The van der Waals surface area contributed by atoms with Gasteiger partial charge < -0.3 is 14.6 Å². The van der Waals surface area contributed by atoms with Gasteiger partial charge in [0.2, 0.25) is 0 Å². The van der Waals surface area contributed by atoms with Crippen LogP contribution in [0.15, 0.2) is 54.6 Å². The molecule has 0 radical (unpaired) electrons. The van der Waals surface area contributed by atoms with Gasteiger partial charge in [0.15, 0.2) is 4.87 Å². The molecule has 0 bridgehead atoms. The zero-order chi connectivity index (χ0) is 24.7. The number of imidazole rings is 1. The fourth-order valence-electron chi connectivity index (χ4n) is 4.26. The number of carbonyl (C=O) groups is 1. The first-order valence-corrected chi connectivity index (χ1v) is 11.6. The number of rotatable bonds is 4. The maximum Gasteiger partial charge on any atom is 0.310 e. The molecule has 1 aliphatic rings. The van der Waals surface area contributed by atoms with Crippen LogP contribution in [0.25, 0.3) is 22.2 Å². The summed E-state index contributed by atoms with van der Waals surface area (Å²) in [6.45, 7) is 3.16. The van der Waals surface area contributed by atoms with Crippen molar-refractivity contribution in [3.05, 3.63) is 81.5 Å². The number of ether oxygens (including phenoxy) is 1. The highest BCUT2D eigenvalue weighted by Gasteiger charge is 2.26. The molecule has 0 fully saturated rings. The molecule has 0 saturated carbocycles. The molecule has 0 aliphatic carbocycles. The number of hydrogen-bond acceptors (Lipinski definition) is 4. The lowest BCUT2D eigenvalue weighted by atomic mass is 10.0. The first kappa shape index (κ1) is 22.9. The van der Waals surface area contributed by atoms with Crippen molar-refractivity contribution >= 4 is 34.2 Å². The highest BCUT2D eigenvalue weighted by atomic mass is 35.5. The quantitative estimate of drug-likeness (QED) is 0.317. The Labute approximate surface area is 207 Å². The van der Waals surface area contributed by atoms with Gasteiger partial charge in [-0.05, 0) is 54.4 Å². The number of H-pyrrole nitrogens is 1. The van der Waals surface area contributed by atoms with Gasteiger partial charge in [-0.1, -0.05) is 23.7 Å². The number of hydrazine groups is 1. The van der Waals surface area contributed by atoms with E-state index < -0.39 is 0 Å². The number of fused-ring (bicyclic) bond motifs is 2. The molecule has 3 aromatic carbocycles. The van der Waals surface area contributed by atoms with Crippen LogP contribution < -0.4 is 4.74 Å². The van der Waals surface area contributed by atoms with E-state index >= 15 is 0 Å². The molecule has 0 unspecified atom stereocenters. The Balaban J connectivity index is 1.42. The summed E-state index contributed by atoms with van der Waals surface area (Å²) in [5, 5.41) is 1.59. The van der Waals surface area contributed by atoms with Gasteiger partial charge in [0.05, 0.1) is 36.6 Å². The van der Waals surface area contributed by atoms with E-state index in [0.717, 1.165) is 39.3 Å². The van der Waals surface area contributed by atoms with E-state index in [-0.39, 0.29) is 16.6 Å². The molecule has 2 heterocycles. The second-order valence-electron chi connectivity index (χ2n) is 8.74. The predicted octanol–water partition coefficient (Wildman–Crippen LogP) is 5.11. The van der Waals surface area contributed by atoms with E-state index in [0.29, 0.717) is 30.1 Å². The highest BCUT2D eigenvalue weighted by molar-refractivity contribution is 6.33. The molecule has 9 heteroatoms. The van der Waals surface area contributed by atoms with Crippen LogP contribution in [-0.4, -0.2) is 57.9 Å². The number of nitroso groups, excluding NO2 is 1. The fraction of sp³-hybridized carbons (Fsp3) is 0.231. The summed E-state index contributed by atoms with van der Waals surface area (Å²) in [4.78, 5) is 35.7. The minimum atomic E-state index is -0.169. The van der Waals surface area contributed by atoms with Crippen molar-refractivity contribution in [1.82, 2.24) is 19.9 Å². The Morgan fingerprint density at radius 3 is 2.66 bits per heavy atom. The van der Waals surface area contributed by atoms with Crippen LogP contribution in [0.3, 0.4) is 0 Å². The maximum atomic E-state index is 13.3. The minimum absolute atomic E-state index is 0.169. The first-order chi connectivity index (χ1) is 16.8. The molecule has 0 saturated heterocycles. The van der Waals surface area contributed by atoms with Gasteiger partial charge in [-0.3, -0.25) is 4.79 Å². The predicted molar refractivity (Wildman–Crippen MR) is 135 cm³/mol. The summed E-state index contributed by atoms with van der Waals surface area (Å²) >= 11 is 6.33. The summed E-state index contributed by atoms with van der Waals surface area (Å²) in [6.07, 6.45) is 0. The van der Waals surface area contributed by atoms with Gasteiger partial charge in [-0.2, -0.15) is 0 Å². The number of aromatic amines is 1. The average Bonchev–Trinajstić information content (AvgIpc) is 3.08. The minimum Gasteiger partial charge on any atom is -0.491 e.